The van der Waals surface area contributed by atoms with E-state index in [0.717, 1.165) is 11.9 Å². The summed E-state index contributed by atoms with van der Waals surface area (Å²) in [6, 6.07) is 7.61. The molecule has 29 heavy (non-hydrogen) atoms. The first-order valence-electron chi connectivity index (χ1n) is 8.46. The molecule has 0 saturated heterocycles. The predicted molar refractivity (Wildman–Crippen MR) is 106 cm³/mol. The van der Waals surface area contributed by atoms with Gasteiger partial charge in [-0.1, -0.05) is 0 Å². The molecule has 0 radical (unpaired) electrons. The molecule has 3 heterocycles. The van der Waals surface area contributed by atoms with Gasteiger partial charge in [0.2, 0.25) is 11.6 Å². The van der Waals surface area contributed by atoms with Crippen LogP contribution in [0, 0.1) is 0 Å². The summed E-state index contributed by atoms with van der Waals surface area (Å²) in [7, 11) is 3.92. The van der Waals surface area contributed by atoms with E-state index in [1.54, 1.807) is 18.6 Å². The van der Waals surface area contributed by atoms with Crippen molar-refractivity contribution in [3.63, 3.8) is 0 Å². The maximum atomic E-state index is 10.4. The second-order valence-corrected chi connectivity index (χ2v) is 6.01. The highest BCUT2D eigenvalue weighted by Crippen LogP contribution is 2.24. The number of nitrogens with zero attached hydrogens (tertiary/aromatic N) is 8. The average molecular weight is 386 g/mol. The van der Waals surface area contributed by atoms with Gasteiger partial charge < -0.3 is 9.64 Å². The van der Waals surface area contributed by atoms with Crippen LogP contribution in [0.4, 0.5) is 11.4 Å². The van der Waals surface area contributed by atoms with Crippen molar-refractivity contribution in [1.29, 1.82) is 0 Å². The molecule has 142 valence electrons. The maximum absolute atomic E-state index is 10.4. The third-order valence-corrected chi connectivity index (χ3v) is 3.93. The Hall–Kier alpha value is -4.39. The van der Waals surface area contributed by atoms with E-state index in [9.17, 15) is 4.79 Å². The molecule has 10 heteroatoms. The Labute approximate surface area is 165 Å². The van der Waals surface area contributed by atoms with Crippen LogP contribution in [-0.2, 0) is 9.53 Å². The van der Waals surface area contributed by atoms with E-state index >= 15 is 0 Å². The summed E-state index contributed by atoms with van der Waals surface area (Å²) >= 11 is 0. The van der Waals surface area contributed by atoms with Crippen molar-refractivity contribution in [2.24, 2.45) is 10.1 Å². The van der Waals surface area contributed by atoms with Crippen molar-refractivity contribution in [3.8, 4) is 11.5 Å². The molecule has 2 aromatic heterocycles. The Balaban J connectivity index is 1.78. The smallest absolute Gasteiger partial charge is 0.267 e. The molecule has 0 spiro atoms. The Morgan fingerprint density at radius 2 is 1.93 bits per heavy atom. The number of fused-ring (bicyclic) bond motifs is 1. The normalized spacial score (nSPS) is 13.3. The van der Waals surface area contributed by atoms with Gasteiger partial charge in [-0.05, 0) is 24.3 Å². The number of aromatic nitrogens is 5. The lowest BCUT2D eigenvalue weighted by atomic mass is 10.2. The highest BCUT2D eigenvalue weighted by atomic mass is 16.5. The lowest BCUT2D eigenvalue weighted by Gasteiger charge is -2.11. The Morgan fingerprint density at radius 1 is 1.14 bits per heavy atom. The summed E-state index contributed by atoms with van der Waals surface area (Å²) in [6.45, 7) is 0. The van der Waals surface area contributed by atoms with E-state index in [0.29, 0.717) is 28.7 Å². The van der Waals surface area contributed by atoms with Crippen LogP contribution >= 0.6 is 0 Å². The van der Waals surface area contributed by atoms with Crippen molar-refractivity contribution >= 4 is 28.9 Å². The molecule has 1 aliphatic rings. The zero-order valence-electron chi connectivity index (χ0n) is 15.5. The fourth-order valence-corrected chi connectivity index (χ4v) is 2.57. The standard InChI is InChI=1S/C19H14N8O2/c1-26(2)14-6-4-13(5-7-14)22-16-18-24-23-17(15-12-20-8-9-21-15)27(18)25-19(16)29-11-3-10-28/h4-9,11-12H,1-2H3. The summed E-state index contributed by atoms with van der Waals surface area (Å²) in [5, 5.41) is 12.7. The Kier molecular flexibility index (Phi) is 4.77. The van der Waals surface area contributed by atoms with Crippen molar-refractivity contribution in [2.45, 2.75) is 0 Å². The molecule has 0 fully saturated rings. The first-order valence-corrected chi connectivity index (χ1v) is 8.46. The van der Waals surface area contributed by atoms with Gasteiger partial charge >= 0.3 is 0 Å². The van der Waals surface area contributed by atoms with E-state index in [1.165, 1.54) is 10.6 Å². The van der Waals surface area contributed by atoms with Gasteiger partial charge in [-0.15, -0.1) is 15.3 Å². The van der Waals surface area contributed by atoms with Crippen LogP contribution in [0.2, 0.25) is 0 Å². The summed E-state index contributed by atoms with van der Waals surface area (Å²) < 4.78 is 6.87. The quantitative estimate of drug-likeness (QED) is 0.380. The number of aliphatic imine (C=N–C) groups is 1. The van der Waals surface area contributed by atoms with Gasteiger partial charge in [-0.25, -0.2) is 14.8 Å². The SMILES string of the molecule is CN(C)c1ccc(N=C2C(OC=C=C=O)=Nn3c2nnc3-c2cnccn2)cc1. The highest BCUT2D eigenvalue weighted by Gasteiger charge is 2.30. The molecular weight excluding hydrogens is 372 g/mol. The van der Waals surface area contributed by atoms with Gasteiger partial charge in [-0.3, -0.25) is 4.98 Å². The number of carbonyl (C=O) groups excluding carboxylic acids is 1. The molecule has 0 saturated carbocycles. The van der Waals surface area contributed by atoms with Gasteiger partial charge in [-0.2, -0.15) is 4.68 Å². The van der Waals surface area contributed by atoms with E-state index < -0.39 is 0 Å². The molecule has 3 aromatic rings. The highest BCUT2D eigenvalue weighted by molar-refractivity contribution is 6.46. The Bertz CT molecular complexity index is 1180. The second kappa shape index (κ2) is 7.69. The van der Waals surface area contributed by atoms with Gasteiger partial charge in [0, 0.05) is 37.9 Å². The molecule has 4 rings (SSSR count). The monoisotopic (exact) mass is 386 g/mol. The zero-order chi connectivity index (χ0) is 20.2. The van der Waals surface area contributed by atoms with Gasteiger partial charge in [0.1, 0.15) is 12.0 Å². The van der Waals surface area contributed by atoms with Crippen LogP contribution < -0.4 is 4.90 Å². The lowest BCUT2D eigenvalue weighted by Crippen LogP contribution is -2.13. The van der Waals surface area contributed by atoms with Gasteiger partial charge in [0.15, 0.2) is 11.7 Å². The molecular formula is C19H14N8O2. The van der Waals surface area contributed by atoms with Gasteiger partial charge in [0.05, 0.1) is 11.9 Å². The zero-order valence-corrected chi connectivity index (χ0v) is 15.5. The molecule has 0 aliphatic carbocycles. The van der Waals surface area contributed by atoms with Crippen LogP contribution in [-0.4, -0.2) is 56.5 Å². The van der Waals surface area contributed by atoms with Crippen molar-refractivity contribution in [1.82, 2.24) is 24.8 Å². The summed E-state index contributed by atoms with van der Waals surface area (Å²) in [6.07, 6.45) is 5.71. The van der Waals surface area contributed by atoms with E-state index in [1.807, 2.05) is 43.3 Å². The summed E-state index contributed by atoms with van der Waals surface area (Å²) in [5.41, 5.74) is 4.75. The van der Waals surface area contributed by atoms with Crippen LogP contribution in [0.15, 0.2) is 64.9 Å². The van der Waals surface area contributed by atoms with Crippen molar-refractivity contribution < 1.29 is 9.53 Å². The van der Waals surface area contributed by atoms with E-state index in [2.05, 4.69) is 36.0 Å². The Morgan fingerprint density at radius 3 is 2.62 bits per heavy atom. The molecule has 1 aliphatic heterocycles. The summed E-state index contributed by atoms with van der Waals surface area (Å²) in [5.74, 6) is 2.39. The second-order valence-electron chi connectivity index (χ2n) is 6.01. The largest absolute Gasteiger partial charge is 0.435 e. The number of rotatable bonds is 4. The number of ether oxygens (including phenoxy) is 1. The fourth-order valence-electron chi connectivity index (χ4n) is 2.57. The minimum Gasteiger partial charge on any atom is -0.435 e. The first kappa shape index (κ1) is 18.0. The molecule has 0 atom stereocenters. The average Bonchev–Trinajstić information content (AvgIpc) is 3.29. The van der Waals surface area contributed by atoms with Crippen LogP contribution in [0.25, 0.3) is 11.5 Å². The van der Waals surface area contributed by atoms with Crippen LogP contribution in [0.3, 0.4) is 0 Å². The topological polar surface area (TPSA) is 111 Å². The number of benzene rings is 1. The van der Waals surface area contributed by atoms with Crippen LogP contribution in [0.5, 0.6) is 0 Å². The van der Waals surface area contributed by atoms with Crippen molar-refractivity contribution in [3.05, 3.63) is 60.7 Å². The molecule has 0 N–H and O–H groups in total. The summed E-state index contributed by atoms with van der Waals surface area (Å²) in [4.78, 5) is 25.2. The van der Waals surface area contributed by atoms with Gasteiger partial charge in [0.25, 0.3) is 5.90 Å². The number of hydrogen-bond donors (Lipinski definition) is 0. The van der Waals surface area contributed by atoms with E-state index in [-0.39, 0.29) is 5.90 Å². The molecule has 0 bridgehead atoms. The molecule has 10 nitrogen and oxygen atoms in total. The maximum Gasteiger partial charge on any atom is 0.267 e. The molecule has 0 amide bonds. The number of hydrogen-bond acceptors (Lipinski definition) is 9. The number of anilines is 1. The molecule has 1 aromatic carbocycles. The van der Waals surface area contributed by atoms with Crippen molar-refractivity contribution in [2.75, 3.05) is 19.0 Å². The first-order chi connectivity index (χ1) is 14.2. The minimum atomic E-state index is 0.138. The third-order valence-electron chi connectivity index (χ3n) is 3.93. The lowest BCUT2D eigenvalue weighted by molar-refractivity contribution is 0.479. The minimum absolute atomic E-state index is 0.138. The third kappa shape index (κ3) is 3.57. The van der Waals surface area contributed by atoms with E-state index in [4.69, 9.17) is 4.74 Å². The molecule has 0 unspecified atom stereocenters. The predicted octanol–water partition coefficient (Wildman–Crippen LogP) is 1.61. The fraction of sp³-hybridized carbons (Fsp3) is 0.105. The van der Waals surface area contributed by atoms with Crippen LogP contribution in [0.1, 0.15) is 5.82 Å².